The number of fused-ring (bicyclic) bond motifs is 1. The smallest absolute Gasteiger partial charge is 0.191 e. The average Bonchev–Trinajstić information content (AvgIpc) is 3.41. The number of hydrogen-bond acceptors (Lipinski definition) is 5. The minimum Gasteiger partial charge on any atom is -0.491 e. The van der Waals surface area contributed by atoms with Gasteiger partial charge < -0.3 is 14.4 Å². The van der Waals surface area contributed by atoms with Crippen molar-refractivity contribution in [2.75, 3.05) is 12.4 Å². The van der Waals surface area contributed by atoms with Gasteiger partial charge in [-0.15, -0.1) is 10.2 Å². The topological polar surface area (TPSA) is 60.2 Å². The summed E-state index contributed by atoms with van der Waals surface area (Å²) in [5, 5.41) is 21.9. The van der Waals surface area contributed by atoms with Crippen molar-refractivity contribution in [3.8, 4) is 5.75 Å². The summed E-state index contributed by atoms with van der Waals surface area (Å²) in [7, 11) is 1.99. The fourth-order valence-electron chi connectivity index (χ4n) is 2.82. The van der Waals surface area contributed by atoms with Gasteiger partial charge in [0.2, 0.25) is 0 Å². The average molecular weight is 355 g/mol. The van der Waals surface area contributed by atoms with E-state index in [9.17, 15) is 5.11 Å². The third-order valence-corrected chi connectivity index (χ3v) is 5.54. The normalized spacial score (nSPS) is 15.4. The molecule has 1 aliphatic carbocycles. The van der Waals surface area contributed by atoms with E-state index >= 15 is 0 Å². The number of nitrogens with zero attached hydrogens (tertiary/aromatic N) is 3. The molecule has 5 nitrogen and oxygen atoms in total. The molecule has 0 aliphatic heterocycles. The van der Waals surface area contributed by atoms with Crippen molar-refractivity contribution in [2.24, 2.45) is 7.05 Å². The van der Waals surface area contributed by atoms with E-state index in [1.807, 2.05) is 41.9 Å². The maximum atomic E-state index is 10.2. The van der Waals surface area contributed by atoms with Gasteiger partial charge in [-0.05, 0) is 35.7 Å². The number of benzene rings is 2. The lowest BCUT2D eigenvalue weighted by Gasteiger charge is -2.12. The fraction of sp³-hybridized carbons (Fsp3) is 0.368. The van der Waals surface area contributed by atoms with Gasteiger partial charge in [0.05, 0.1) is 6.10 Å². The van der Waals surface area contributed by atoms with Gasteiger partial charge in [0, 0.05) is 18.7 Å². The first-order valence-corrected chi connectivity index (χ1v) is 9.51. The molecule has 0 radical (unpaired) electrons. The monoisotopic (exact) mass is 355 g/mol. The first-order valence-electron chi connectivity index (χ1n) is 8.52. The van der Waals surface area contributed by atoms with Crippen LogP contribution < -0.4 is 4.74 Å². The van der Waals surface area contributed by atoms with Crippen LogP contribution in [0.25, 0.3) is 10.8 Å². The Morgan fingerprint density at radius 3 is 2.80 bits per heavy atom. The lowest BCUT2D eigenvalue weighted by molar-refractivity contribution is 0.126. The summed E-state index contributed by atoms with van der Waals surface area (Å²) in [4.78, 5) is 0. The highest BCUT2D eigenvalue weighted by Gasteiger charge is 2.29. The molecule has 2 aromatic carbocycles. The molecule has 25 heavy (non-hydrogen) atoms. The van der Waals surface area contributed by atoms with E-state index in [1.165, 1.54) is 30.0 Å². The number of aliphatic hydroxyl groups is 1. The summed E-state index contributed by atoms with van der Waals surface area (Å²) in [5.41, 5.74) is 0. The predicted molar refractivity (Wildman–Crippen MR) is 99.2 cm³/mol. The van der Waals surface area contributed by atoms with E-state index in [0.717, 1.165) is 22.1 Å². The van der Waals surface area contributed by atoms with Crippen LogP contribution in [0, 0.1) is 0 Å². The Bertz CT molecular complexity index is 876. The Morgan fingerprint density at radius 2 is 2.00 bits per heavy atom. The van der Waals surface area contributed by atoms with Gasteiger partial charge in [-0.1, -0.05) is 42.1 Å². The fourth-order valence-corrected chi connectivity index (χ4v) is 3.64. The van der Waals surface area contributed by atoms with E-state index in [1.54, 1.807) is 0 Å². The maximum absolute atomic E-state index is 10.2. The van der Waals surface area contributed by atoms with Gasteiger partial charge in [0.15, 0.2) is 5.16 Å². The van der Waals surface area contributed by atoms with Crippen molar-refractivity contribution < 1.29 is 9.84 Å². The van der Waals surface area contributed by atoms with Crippen molar-refractivity contribution in [1.29, 1.82) is 0 Å². The van der Waals surface area contributed by atoms with Crippen LogP contribution >= 0.6 is 11.8 Å². The highest BCUT2D eigenvalue weighted by atomic mass is 32.2. The Morgan fingerprint density at radius 1 is 1.20 bits per heavy atom. The molecule has 1 fully saturated rings. The summed E-state index contributed by atoms with van der Waals surface area (Å²) in [5.74, 6) is 2.94. The molecular formula is C19H21N3O2S. The second-order valence-corrected chi connectivity index (χ2v) is 7.45. The van der Waals surface area contributed by atoms with Crippen LogP contribution in [0.15, 0.2) is 47.6 Å². The molecule has 1 N–H and O–H groups in total. The number of ether oxygens (including phenoxy) is 1. The molecule has 130 valence electrons. The molecular weight excluding hydrogens is 334 g/mol. The van der Waals surface area contributed by atoms with Crippen LogP contribution in [0.2, 0.25) is 0 Å². The van der Waals surface area contributed by atoms with Crippen molar-refractivity contribution in [1.82, 2.24) is 14.8 Å². The summed E-state index contributed by atoms with van der Waals surface area (Å²) in [6.45, 7) is 0.263. The first kappa shape index (κ1) is 16.4. The number of rotatable bonds is 7. The van der Waals surface area contributed by atoms with Gasteiger partial charge >= 0.3 is 0 Å². The molecule has 1 atom stereocenters. The van der Waals surface area contributed by atoms with E-state index in [-0.39, 0.29) is 6.61 Å². The zero-order valence-electron chi connectivity index (χ0n) is 14.1. The summed E-state index contributed by atoms with van der Waals surface area (Å²) in [6, 6.07) is 14.1. The summed E-state index contributed by atoms with van der Waals surface area (Å²) in [6.07, 6.45) is 1.86. The molecule has 1 unspecified atom stereocenters. The van der Waals surface area contributed by atoms with Crippen LogP contribution in [0.3, 0.4) is 0 Å². The van der Waals surface area contributed by atoms with Crippen LogP contribution in [-0.2, 0) is 7.05 Å². The SMILES string of the molecule is Cn1c(SCC(O)COc2ccc3ccccc3c2)nnc1C1CC1. The molecule has 1 aliphatic rings. The molecule has 1 heterocycles. The van der Waals surface area contributed by atoms with Crippen LogP contribution in [0.4, 0.5) is 0 Å². The summed E-state index contributed by atoms with van der Waals surface area (Å²) < 4.78 is 7.78. The minimum atomic E-state index is -0.558. The van der Waals surface area contributed by atoms with Crippen LogP contribution in [-0.4, -0.2) is 38.3 Å². The number of hydrogen-bond donors (Lipinski definition) is 1. The number of aromatic nitrogens is 3. The molecule has 0 bridgehead atoms. The van der Waals surface area contributed by atoms with Crippen molar-refractivity contribution >= 4 is 22.5 Å². The molecule has 0 saturated heterocycles. The second kappa shape index (κ2) is 7.06. The highest BCUT2D eigenvalue weighted by molar-refractivity contribution is 7.99. The van der Waals surface area contributed by atoms with Crippen molar-refractivity contribution in [3.05, 3.63) is 48.3 Å². The predicted octanol–water partition coefficient (Wildman–Crippen LogP) is 3.38. The number of aliphatic hydroxyl groups excluding tert-OH is 1. The van der Waals surface area contributed by atoms with E-state index in [4.69, 9.17) is 4.74 Å². The molecule has 1 saturated carbocycles. The van der Waals surface area contributed by atoms with E-state index in [2.05, 4.69) is 22.3 Å². The Kier molecular flexibility index (Phi) is 4.63. The largest absolute Gasteiger partial charge is 0.491 e. The lowest BCUT2D eigenvalue weighted by atomic mass is 10.1. The Hall–Kier alpha value is -2.05. The van der Waals surface area contributed by atoms with E-state index < -0.39 is 6.10 Å². The van der Waals surface area contributed by atoms with Gasteiger partial charge in [0.25, 0.3) is 0 Å². The Balaban J connectivity index is 1.30. The molecule has 1 aromatic heterocycles. The van der Waals surface area contributed by atoms with E-state index in [0.29, 0.717) is 11.7 Å². The molecule has 4 rings (SSSR count). The molecule has 6 heteroatoms. The van der Waals surface area contributed by atoms with Gasteiger partial charge in [-0.3, -0.25) is 0 Å². The quantitative estimate of drug-likeness (QED) is 0.659. The third kappa shape index (κ3) is 3.80. The molecule has 3 aromatic rings. The Labute approximate surface area is 151 Å². The van der Waals surface area contributed by atoms with Gasteiger partial charge in [-0.2, -0.15) is 0 Å². The zero-order valence-corrected chi connectivity index (χ0v) is 14.9. The zero-order chi connectivity index (χ0) is 17.2. The number of thioether (sulfide) groups is 1. The summed E-state index contributed by atoms with van der Waals surface area (Å²) >= 11 is 1.52. The second-order valence-electron chi connectivity index (χ2n) is 6.46. The highest BCUT2D eigenvalue weighted by Crippen LogP contribution is 2.39. The standard InChI is InChI=1S/C19H21N3O2S/c1-22-18(14-6-7-14)20-21-19(22)25-12-16(23)11-24-17-9-8-13-4-2-3-5-15(13)10-17/h2-5,8-10,14,16,23H,6-7,11-12H2,1H3. The molecule has 0 spiro atoms. The van der Waals surface area contributed by atoms with Gasteiger partial charge in [-0.25, -0.2) is 0 Å². The third-order valence-electron chi connectivity index (χ3n) is 4.38. The first-order chi connectivity index (χ1) is 12.2. The lowest BCUT2D eigenvalue weighted by Crippen LogP contribution is -2.20. The minimum absolute atomic E-state index is 0.263. The van der Waals surface area contributed by atoms with Crippen molar-refractivity contribution in [3.63, 3.8) is 0 Å². The van der Waals surface area contributed by atoms with Gasteiger partial charge in [0.1, 0.15) is 18.2 Å². The molecule has 0 amide bonds. The van der Waals surface area contributed by atoms with Crippen LogP contribution in [0.1, 0.15) is 24.6 Å². The van der Waals surface area contributed by atoms with Crippen LogP contribution in [0.5, 0.6) is 5.75 Å². The maximum Gasteiger partial charge on any atom is 0.191 e. The van der Waals surface area contributed by atoms with Crippen molar-refractivity contribution in [2.45, 2.75) is 30.0 Å².